The van der Waals surface area contributed by atoms with Crippen LogP contribution in [-0.2, 0) is 14.4 Å². The number of alkyl halides is 9. The lowest BCUT2D eigenvalue weighted by Crippen LogP contribution is -2.32. The number of rotatable bonds is 3. The summed E-state index contributed by atoms with van der Waals surface area (Å²) in [4.78, 5) is 32.4. The Balaban J connectivity index is 3.24. The van der Waals surface area contributed by atoms with Gasteiger partial charge in [-0.05, 0) is 18.2 Å². The zero-order valence-corrected chi connectivity index (χ0v) is 12.3. The average Bonchev–Trinajstić information content (AvgIpc) is 2.46. The summed E-state index contributed by atoms with van der Waals surface area (Å²) in [6.07, 6.45) is -16.5. The number of nitrogens with one attached hydrogen (secondary N) is 2. The number of hydrogen-bond donors (Lipinski definition) is 2. The zero-order valence-electron chi connectivity index (χ0n) is 12.3. The van der Waals surface area contributed by atoms with Gasteiger partial charge < -0.3 is 15.4 Å². The molecule has 0 spiro atoms. The molecule has 0 unspecified atom stereocenters. The second kappa shape index (κ2) is 7.32. The number of ether oxygens (including phenoxy) is 1. The molecule has 0 atom stereocenters. The van der Waals surface area contributed by atoms with Gasteiger partial charge in [0.25, 0.3) is 0 Å². The molecule has 0 saturated heterocycles. The summed E-state index contributed by atoms with van der Waals surface area (Å²) in [7, 11) is 0. The number of amides is 2. The monoisotopic (exact) mass is 412 g/mol. The molecule has 0 radical (unpaired) electrons. The number of esters is 1. The van der Waals surface area contributed by atoms with Crippen molar-refractivity contribution in [3.8, 4) is 5.75 Å². The van der Waals surface area contributed by atoms with Crippen molar-refractivity contribution >= 4 is 29.2 Å². The van der Waals surface area contributed by atoms with E-state index in [2.05, 4.69) is 4.74 Å². The number of carbonyl (C=O) groups is 3. The highest BCUT2D eigenvalue weighted by molar-refractivity contribution is 5.99. The standard InChI is InChI=1S/C12H5F9N2O4/c13-10(14,15)7(24)22-4-1-2-6(27-9(26)12(19,20)21)5(3-4)23-8(25)11(16,17)18/h1-3H,(H,22,24)(H,23,25). The van der Waals surface area contributed by atoms with Crippen LogP contribution in [0.25, 0.3) is 0 Å². The minimum atomic E-state index is -5.56. The maximum atomic E-state index is 12.3. The Bertz CT molecular complexity index is 753. The first-order chi connectivity index (χ1) is 12.0. The number of carbonyl (C=O) groups excluding carboxylic acids is 3. The average molecular weight is 412 g/mol. The van der Waals surface area contributed by atoms with Crippen molar-refractivity contribution in [3.63, 3.8) is 0 Å². The van der Waals surface area contributed by atoms with Crippen LogP contribution in [0.15, 0.2) is 18.2 Å². The van der Waals surface area contributed by atoms with Crippen molar-refractivity contribution in [2.24, 2.45) is 0 Å². The number of halogens is 9. The highest BCUT2D eigenvalue weighted by Gasteiger charge is 2.43. The molecule has 0 saturated carbocycles. The van der Waals surface area contributed by atoms with Gasteiger partial charge in [0, 0.05) is 5.69 Å². The van der Waals surface area contributed by atoms with Crippen LogP contribution in [0.5, 0.6) is 5.75 Å². The smallest absolute Gasteiger partial charge is 0.418 e. The molecule has 2 N–H and O–H groups in total. The van der Waals surface area contributed by atoms with E-state index in [1.165, 1.54) is 5.32 Å². The molecule has 2 amide bonds. The van der Waals surface area contributed by atoms with Crippen molar-refractivity contribution in [2.45, 2.75) is 18.5 Å². The summed E-state index contributed by atoms with van der Waals surface area (Å²) in [5.41, 5.74) is -2.11. The predicted octanol–water partition coefficient (Wildman–Crippen LogP) is 3.16. The molecule has 1 aromatic carbocycles. The summed E-state index contributed by atoms with van der Waals surface area (Å²) >= 11 is 0. The van der Waals surface area contributed by atoms with E-state index in [-0.39, 0.29) is 6.07 Å². The van der Waals surface area contributed by atoms with Crippen molar-refractivity contribution in [1.82, 2.24) is 0 Å². The van der Waals surface area contributed by atoms with Crippen LogP contribution in [0.4, 0.5) is 50.9 Å². The van der Waals surface area contributed by atoms with E-state index >= 15 is 0 Å². The van der Waals surface area contributed by atoms with E-state index in [0.29, 0.717) is 12.1 Å². The van der Waals surface area contributed by atoms with E-state index in [9.17, 15) is 53.9 Å². The molecule has 0 fully saturated rings. The fourth-order valence-electron chi connectivity index (χ4n) is 1.35. The predicted molar refractivity (Wildman–Crippen MR) is 67.5 cm³/mol. The molecule has 0 aliphatic heterocycles. The highest BCUT2D eigenvalue weighted by atomic mass is 19.4. The van der Waals surface area contributed by atoms with Crippen LogP contribution in [-0.4, -0.2) is 36.3 Å². The van der Waals surface area contributed by atoms with E-state index < -0.39 is 53.4 Å². The fraction of sp³-hybridized carbons (Fsp3) is 0.250. The number of benzene rings is 1. The first-order valence-electron chi connectivity index (χ1n) is 6.21. The summed E-state index contributed by atoms with van der Waals surface area (Å²) in [5, 5.41) is 2.20. The minimum absolute atomic E-state index is 0.228. The van der Waals surface area contributed by atoms with Crippen LogP contribution in [0.2, 0.25) is 0 Å². The Morgan fingerprint density at radius 2 is 1.22 bits per heavy atom. The second-order valence-corrected chi connectivity index (χ2v) is 4.50. The fourth-order valence-corrected chi connectivity index (χ4v) is 1.35. The highest BCUT2D eigenvalue weighted by Crippen LogP contribution is 2.32. The van der Waals surface area contributed by atoms with Crippen molar-refractivity contribution in [3.05, 3.63) is 18.2 Å². The van der Waals surface area contributed by atoms with Crippen LogP contribution < -0.4 is 15.4 Å². The lowest BCUT2D eigenvalue weighted by atomic mass is 10.2. The molecule has 0 aromatic heterocycles. The molecule has 150 valence electrons. The molecule has 1 rings (SSSR count). The van der Waals surface area contributed by atoms with E-state index in [4.69, 9.17) is 0 Å². The van der Waals surface area contributed by atoms with Crippen LogP contribution in [0.1, 0.15) is 0 Å². The maximum Gasteiger partial charge on any atom is 0.491 e. The maximum absolute atomic E-state index is 12.3. The largest absolute Gasteiger partial charge is 0.491 e. The van der Waals surface area contributed by atoms with E-state index in [1.54, 1.807) is 0 Å². The quantitative estimate of drug-likeness (QED) is 0.454. The van der Waals surface area contributed by atoms with Crippen LogP contribution in [0.3, 0.4) is 0 Å². The Morgan fingerprint density at radius 3 is 1.67 bits per heavy atom. The van der Waals surface area contributed by atoms with Crippen molar-refractivity contribution in [2.75, 3.05) is 10.6 Å². The summed E-state index contributed by atoms with van der Waals surface area (Å²) in [6.45, 7) is 0. The lowest BCUT2D eigenvalue weighted by molar-refractivity contribution is -0.189. The lowest BCUT2D eigenvalue weighted by Gasteiger charge is -2.15. The van der Waals surface area contributed by atoms with Gasteiger partial charge in [-0.1, -0.05) is 0 Å². The molecule has 27 heavy (non-hydrogen) atoms. The Labute approximate surface area is 142 Å². The van der Waals surface area contributed by atoms with E-state index in [0.717, 1.165) is 5.32 Å². The molecule has 6 nitrogen and oxygen atoms in total. The molecule has 1 aromatic rings. The van der Waals surface area contributed by atoms with Gasteiger partial charge in [-0.2, -0.15) is 39.5 Å². The third kappa shape index (κ3) is 6.34. The first kappa shape index (κ1) is 22.0. The van der Waals surface area contributed by atoms with Crippen molar-refractivity contribution < 1.29 is 58.6 Å². The third-order valence-electron chi connectivity index (χ3n) is 2.43. The van der Waals surface area contributed by atoms with Gasteiger partial charge in [0.15, 0.2) is 5.75 Å². The van der Waals surface area contributed by atoms with Gasteiger partial charge >= 0.3 is 36.3 Å². The topological polar surface area (TPSA) is 84.5 Å². The van der Waals surface area contributed by atoms with Crippen molar-refractivity contribution in [1.29, 1.82) is 0 Å². The Morgan fingerprint density at radius 1 is 0.741 bits per heavy atom. The third-order valence-corrected chi connectivity index (χ3v) is 2.43. The molecule has 0 bridgehead atoms. The number of anilines is 2. The van der Waals surface area contributed by atoms with Gasteiger partial charge in [0.1, 0.15) is 0 Å². The molecular weight excluding hydrogens is 407 g/mol. The summed E-state index contributed by atoms with van der Waals surface area (Å²) < 4.78 is 114. The zero-order chi connectivity index (χ0) is 21.2. The number of hydrogen-bond acceptors (Lipinski definition) is 4. The molecule has 0 aliphatic rings. The molecule has 0 heterocycles. The summed E-state index contributed by atoms with van der Waals surface area (Å²) in [6, 6.07) is 1.06. The van der Waals surface area contributed by atoms with Gasteiger partial charge in [-0.3, -0.25) is 9.59 Å². The SMILES string of the molecule is O=C(Nc1ccc(OC(=O)C(F)(F)F)c(NC(=O)C(F)(F)F)c1)C(F)(F)F. The van der Waals surface area contributed by atoms with Gasteiger partial charge in [-0.15, -0.1) is 0 Å². The molecule has 0 aliphatic carbocycles. The van der Waals surface area contributed by atoms with E-state index in [1.807, 2.05) is 0 Å². The van der Waals surface area contributed by atoms with Gasteiger partial charge in [0.2, 0.25) is 0 Å². The van der Waals surface area contributed by atoms with Gasteiger partial charge in [0.05, 0.1) is 5.69 Å². The molecular formula is C12H5F9N2O4. The van der Waals surface area contributed by atoms with Gasteiger partial charge in [-0.25, -0.2) is 4.79 Å². The Hall–Kier alpha value is -3.00. The normalized spacial score (nSPS) is 12.3. The summed E-state index contributed by atoms with van der Waals surface area (Å²) in [5.74, 6) is -9.43. The van der Waals surface area contributed by atoms with Crippen LogP contribution >= 0.6 is 0 Å². The Kier molecular flexibility index (Phi) is 5.97. The van der Waals surface area contributed by atoms with Crippen LogP contribution in [0, 0.1) is 0 Å². The first-order valence-corrected chi connectivity index (χ1v) is 6.21. The minimum Gasteiger partial charge on any atom is -0.418 e. The second-order valence-electron chi connectivity index (χ2n) is 4.50. The molecule has 15 heteroatoms.